The number of rotatable bonds is 5. The van der Waals surface area contributed by atoms with Crippen LogP contribution in [-0.2, 0) is 4.79 Å². The third-order valence-corrected chi connectivity index (χ3v) is 3.29. The highest BCUT2D eigenvalue weighted by atomic mass is 16.2. The van der Waals surface area contributed by atoms with E-state index in [4.69, 9.17) is 11.0 Å². The fourth-order valence-corrected chi connectivity index (χ4v) is 2.44. The average molecular weight is 237 g/mol. The summed E-state index contributed by atoms with van der Waals surface area (Å²) in [5.74, 6) is 0.446. The minimum atomic E-state index is -0.662. The standard InChI is InChI=1S/C13H23N3O/c1-11(2)10-16(9-5-8-14)12(17)13(15)6-3-4-7-13/h11H,3-7,9-10,15H2,1-2H3. The van der Waals surface area contributed by atoms with Crippen molar-refractivity contribution < 1.29 is 4.79 Å². The highest BCUT2D eigenvalue weighted by Gasteiger charge is 2.39. The fraction of sp³-hybridized carbons (Fsp3) is 0.846. The van der Waals surface area contributed by atoms with Gasteiger partial charge in [0.15, 0.2) is 0 Å². The molecule has 4 heteroatoms. The van der Waals surface area contributed by atoms with E-state index in [2.05, 4.69) is 19.9 Å². The topological polar surface area (TPSA) is 70.1 Å². The molecular weight excluding hydrogens is 214 g/mol. The fourth-order valence-electron chi connectivity index (χ4n) is 2.44. The molecule has 1 fully saturated rings. The van der Waals surface area contributed by atoms with Gasteiger partial charge in [0.25, 0.3) is 0 Å². The first kappa shape index (κ1) is 14.0. The molecular formula is C13H23N3O. The van der Waals surface area contributed by atoms with Crippen LogP contribution in [0.25, 0.3) is 0 Å². The van der Waals surface area contributed by atoms with Gasteiger partial charge in [-0.25, -0.2) is 0 Å². The van der Waals surface area contributed by atoms with Crippen LogP contribution in [0.5, 0.6) is 0 Å². The second kappa shape index (κ2) is 6.02. The van der Waals surface area contributed by atoms with Gasteiger partial charge in [0.05, 0.1) is 18.0 Å². The summed E-state index contributed by atoms with van der Waals surface area (Å²) in [6, 6.07) is 2.09. The summed E-state index contributed by atoms with van der Waals surface area (Å²) in [5.41, 5.74) is 5.51. The predicted molar refractivity (Wildman–Crippen MR) is 67.0 cm³/mol. The monoisotopic (exact) mass is 237 g/mol. The Bertz CT molecular complexity index is 300. The largest absolute Gasteiger partial charge is 0.340 e. The van der Waals surface area contributed by atoms with Crippen molar-refractivity contribution in [1.82, 2.24) is 4.90 Å². The van der Waals surface area contributed by atoms with Gasteiger partial charge in [-0.15, -0.1) is 0 Å². The normalized spacial score (nSPS) is 18.1. The zero-order chi connectivity index (χ0) is 12.9. The Balaban J connectivity index is 2.67. The lowest BCUT2D eigenvalue weighted by Crippen LogP contribution is -2.54. The number of nitrogens with zero attached hydrogens (tertiary/aromatic N) is 2. The van der Waals surface area contributed by atoms with Crippen molar-refractivity contribution in [3.63, 3.8) is 0 Å². The predicted octanol–water partition coefficient (Wildman–Crippen LogP) is 1.66. The number of carbonyl (C=O) groups excluding carboxylic acids is 1. The Morgan fingerprint density at radius 2 is 2.06 bits per heavy atom. The van der Waals surface area contributed by atoms with Crippen molar-refractivity contribution in [2.45, 2.75) is 51.5 Å². The molecule has 1 amide bonds. The second-order valence-electron chi connectivity index (χ2n) is 5.42. The molecule has 1 saturated carbocycles. The van der Waals surface area contributed by atoms with E-state index >= 15 is 0 Å². The van der Waals surface area contributed by atoms with Crippen LogP contribution < -0.4 is 5.73 Å². The lowest BCUT2D eigenvalue weighted by Gasteiger charge is -2.32. The molecule has 0 spiro atoms. The Hall–Kier alpha value is -1.08. The summed E-state index contributed by atoms with van der Waals surface area (Å²) in [4.78, 5) is 14.2. The van der Waals surface area contributed by atoms with E-state index in [9.17, 15) is 4.79 Å². The summed E-state index contributed by atoms with van der Waals surface area (Å²) in [7, 11) is 0. The molecule has 1 aliphatic carbocycles. The Labute approximate surface area is 104 Å². The first-order valence-electron chi connectivity index (χ1n) is 6.45. The van der Waals surface area contributed by atoms with E-state index < -0.39 is 5.54 Å². The minimum Gasteiger partial charge on any atom is -0.340 e. The van der Waals surface area contributed by atoms with Crippen LogP contribution in [-0.4, -0.2) is 29.4 Å². The number of nitrogens with two attached hydrogens (primary N) is 1. The van der Waals surface area contributed by atoms with Gasteiger partial charge in [0, 0.05) is 13.1 Å². The Morgan fingerprint density at radius 1 is 1.47 bits per heavy atom. The molecule has 1 aliphatic rings. The van der Waals surface area contributed by atoms with E-state index in [1.54, 1.807) is 4.90 Å². The molecule has 0 aromatic carbocycles. The lowest BCUT2D eigenvalue weighted by atomic mass is 9.96. The first-order chi connectivity index (χ1) is 7.99. The molecule has 0 radical (unpaired) electrons. The van der Waals surface area contributed by atoms with Crippen LogP contribution >= 0.6 is 0 Å². The zero-order valence-electron chi connectivity index (χ0n) is 10.9. The lowest BCUT2D eigenvalue weighted by molar-refractivity contribution is -0.137. The van der Waals surface area contributed by atoms with Crippen LogP contribution in [0.2, 0.25) is 0 Å². The molecule has 96 valence electrons. The summed E-state index contributed by atoms with van der Waals surface area (Å²) < 4.78 is 0. The number of amides is 1. The first-order valence-corrected chi connectivity index (χ1v) is 6.45. The maximum absolute atomic E-state index is 12.4. The number of hydrogen-bond donors (Lipinski definition) is 1. The smallest absolute Gasteiger partial charge is 0.242 e. The second-order valence-corrected chi connectivity index (χ2v) is 5.42. The number of nitriles is 1. The van der Waals surface area contributed by atoms with Crippen molar-refractivity contribution in [2.75, 3.05) is 13.1 Å². The molecule has 0 bridgehead atoms. The number of hydrogen-bond acceptors (Lipinski definition) is 3. The summed E-state index contributed by atoms with van der Waals surface area (Å²) in [6.45, 7) is 5.35. The van der Waals surface area contributed by atoms with Crippen molar-refractivity contribution >= 4 is 5.91 Å². The van der Waals surface area contributed by atoms with E-state index in [-0.39, 0.29) is 5.91 Å². The van der Waals surface area contributed by atoms with E-state index in [0.29, 0.717) is 25.4 Å². The summed E-state index contributed by atoms with van der Waals surface area (Å²) in [5, 5.41) is 8.64. The van der Waals surface area contributed by atoms with Crippen LogP contribution in [0, 0.1) is 17.2 Å². The molecule has 1 rings (SSSR count). The van der Waals surface area contributed by atoms with Crippen LogP contribution in [0.15, 0.2) is 0 Å². The molecule has 0 unspecified atom stereocenters. The third-order valence-electron chi connectivity index (χ3n) is 3.29. The molecule has 4 nitrogen and oxygen atoms in total. The van der Waals surface area contributed by atoms with Gasteiger partial charge in [0.2, 0.25) is 5.91 Å². The molecule has 0 aromatic heterocycles. The molecule has 0 aromatic rings. The highest BCUT2D eigenvalue weighted by Crippen LogP contribution is 2.29. The summed E-state index contributed by atoms with van der Waals surface area (Å²) >= 11 is 0. The van der Waals surface area contributed by atoms with Crippen molar-refractivity contribution in [3.05, 3.63) is 0 Å². The van der Waals surface area contributed by atoms with Crippen molar-refractivity contribution in [3.8, 4) is 6.07 Å². The van der Waals surface area contributed by atoms with Gasteiger partial charge in [-0.2, -0.15) is 5.26 Å². The average Bonchev–Trinajstić information content (AvgIpc) is 2.71. The molecule has 2 N–H and O–H groups in total. The van der Waals surface area contributed by atoms with Gasteiger partial charge < -0.3 is 10.6 Å². The van der Waals surface area contributed by atoms with Crippen LogP contribution in [0.3, 0.4) is 0 Å². The maximum Gasteiger partial charge on any atom is 0.242 e. The molecule has 0 saturated heterocycles. The maximum atomic E-state index is 12.4. The van der Waals surface area contributed by atoms with Gasteiger partial charge in [0.1, 0.15) is 0 Å². The van der Waals surface area contributed by atoms with Gasteiger partial charge >= 0.3 is 0 Å². The molecule has 17 heavy (non-hydrogen) atoms. The van der Waals surface area contributed by atoms with E-state index in [0.717, 1.165) is 25.7 Å². The number of carbonyl (C=O) groups is 1. The zero-order valence-corrected chi connectivity index (χ0v) is 10.9. The van der Waals surface area contributed by atoms with E-state index in [1.807, 2.05) is 0 Å². The van der Waals surface area contributed by atoms with Gasteiger partial charge in [-0.3, -0.25) is 4.79 Å². The quantitative estimate of drug-likeness (QED) is 0.790. The van der Waals surface area contributed by atoms with Crippen LogP contribution in [0.4, 0.5) is 0 Å². The van der Waals surface area contributed by atoms with Crippen LogP contribution in [0.1, 0.15) is 46.0 Å². The van der Waals surface area contributed by atoms with Crippen molar-refractivity contribution in [1.29, 1.82) is 5.26 Å². The Kier molecular flexibility index (Phi) is 4.95. The minimum absolute atomic E-state index is 0.0407. The molecule has 0 heterocycles. The molecule has 0 atom stereocenters. The molecule has 0 aliphatic heterocycles. The highest BCUT2D eigenvalue weighted by molar-refractivity contribution is 5.86. The summed E-state index contributed by atoms with van der Waals surface area (Å²) in [6.07, 6.45) is 4.03. The third kappa shape index (κ3) is 3.71. The van der Waals surface area contributed by atoms with Gasteiger partial charge in [-0.05, 0) is 18.8 Å². The van der Waals surface area contributed by atoms with E-state index in [1.165, 1.54) is 0 Å². The SMILES string of the molecule is CC(C)CN(CCC#N)C(=O)C1(N)CCCC1. The van der Waals surface area contributed by atoms with Gasteiger partial charge in [-0.1, -0.05) is 26.7 Å². The Morgan fingerprint density at radius 3 is 2.53 bits per heavy atom. The van der Waals surface area contributed by atoms with Crippen molar-refractivity contribution in [2.24, 2.45) is 11.7 Å².